The fourth-order valence-electron chi connectivity index (χ4n) is 1.56. The van der Waals surface area contributed by atoms with Crippen molar-refractivity contribution in [3.8, 4) is 10.4 Å². The Kier molecular flexibility index (Phi) is 2.75. The first-order valence-corrected chi connectivity index (χ1v) is 5.74. The van der Waals surface area contributed by atoms with Gasteiger partial charge < -0.3 is 5.73 Å². The molecule has 0 saturated carbocycles. The zero-order valence-electron chi connectivity index (χ0n) is 9.15. The molecule has 3 nitrogen and oxygen atoms in total. The number of aromatic nitrogens is 1. The second-order valence-corrected chi connectivity index (χ2v) is 4.69. The molecule has 0 aliphatic heterocycles. The number of ketones is 1. The zero-order valence-corrected chi connectivity index (χ0v) is 9.97. The van der Waals surface area contributed by atoms with Gasteiger partial charge in [0.05, 0.1) is 4.88 Å². The summed E-state index contributed by atoms with van der Waals surface area (Å²) in [7, 11) is 0. The van der Waals surface area contributed by atoms with Gasteiger partial charge in [0.15, 0.2) is 10.9 Å². The lowest BCUT2D eigenvalue weighted by Crippen LogP contribution is -1.95. The van der Waals surface area contributed by atoms with Crippen LogP contribution in [-0.4, -0.2) is 10.8 Å². The molecule has 0 aliphatic rings. The summed E-state index contributed by atoms with van der Waals surface area (Å²) in [6, 6.07) is 7.97. The van der Waals surface area contributed by atoms with Crippen molar-refractivity contribution in [2.24, 2.45) is 0 Å². The summed E-state index contributed by atoms with van der Waals surface area (Å²) >= 11 is 1.35. The first-order valence-electron chi connectivity index (χ1n) is 4.92. The standard InChI is InChI=1S/C12H12N2OS/c1-7-4-3-5-9(6-7)11-10(8(2)15)14-12(13)16-11/h3-6H,1-2H3,(H2,13,14). The van der Waals surface area contributed by atoms with Crippen LogP contribution in [0.5, 0.6) is 0 Å². The fourth-order valence-corrected chi connectivity index (χ4v) is 2.43. The maximum Gasteiger partial charge on any atom is 0.181 e. The number of hydrogen-bond acceptors (Lipinski definition) is 4. The predicted octanol–water partition coefficient (Wildman–Crippen LogP) is 2.90. The lowest BCUT2D eigenvalue weighted by atomic mass is 10.1. The van der Waals surface area contributed by atoms with Crippen LogP contribution in [0.15, 0.2) is 24.3 Å². The first-order chi connectivity index (χ1) is 7.58. The third-order valence-electron chi connectivity index (χ3n) is 2.26. The number of nitrogen functional groups attached to an aromatic ring is 1. The average molecular weight is 232 g/mol. The molecule has 1 heterocycles. The minimum Gasteiger partial charge on any atom is -0.375 e. The number of aryl methyl sites for hydroxylation is 1. The Morgan fingerprint density at radius 3 is 2.81 bits per heavy atom. The number of carbonyl (C=O) groups is 1. The Bertz CT molecular complexity index is 546. The van der Waals surface area contributed by atoms with Crippen LogP contribution in [0.25, 0.3) is 10.4 Å². The fraction of sp³-hybridized carbons (Fsp3) is 0.167. The van der Waals surface area contributed by atoms with Crippen molar-refractivity contribution in [3.05, 3.63) is 35.5 Å². The predicted molar refractivity (Wildman–Crippen MR) is 66.7 cm³/mol. The number of nitrogens with two attached hydrogens (primary N) is 1. The van der Waals surface area contributed by atoms with Crippen LogP contribution in [-0.2, 0) is 0 Å². The van der Waals surface area contributed by atoms with Gasteiger partial charge in [0, 0.05) is 6.92 Å². The average Bonchev–Trinajstić information content (AvgIpc) is 2.60. The van der Waals surface area contributed by atoms with E-state index < -0.39 is 0 Å². The summed E-state index contributed by atoms with van der Waals surface area (Å²) in [5.74, 6) is -0.0514. The molecule has 0 radical (unpaired) electrons. The molecule has 0 amide bonds. The van der Waals surface area contributed by atoms with Crippen molar-refractivity contribution >= 4 is 22.3 Å². The molecule has 4 heteroatoms. The van der Waals surface area contributed by atoms with Crippen LogP contribution in [0.3, 0.4) is 0 Å². The molecule has 2 N–H and O–H groups in total. The quantitative estimate of drug-likeness (QED) is 0.810. The number of rotatable bonds is 2. The van der Waals surface area contributed by atoms with Crippen LogP contribution >= 0.6 is 11.3 Å². The van der Waals surface area contributed by atoms with Crippen LogP contribution in [0.4, 0.5) is 5.13 Å². The van der Waals surface area contributed by atoms with Gasteiger partial charge in [0.25, 0.3) is 0 Å². The van der Waals surface area contributed by atoms with Gasteiger partial charge in [-0.15, -0.1) is 0 Å². The van der Waals surface area contributed by atoms with Gasteiger partial charge in [-0.05, 0) is 12.5 Å². The topological polar surface area (TPSA) is 56.0 Å². The SMILES string of the molecule is CC(=O)c1nc(N)sc1-c1cccc(C)c1. The minimum absolute atomic E-state index is 0.0514. The van der Waals surface area contributed by atoms with Crippen molar-refractivity contribution in [2.75, 3.05) is 5.73 Å². The highest BCUT2D eigenvalue weighted by Gasteiger charge is 2.15. The van der Waals surface area contributed by atoms with E-state index in [1.165, 1.54) is 18.3 Å². The van der Waals surface area contributed by atoms with E-state index in [1.54, 1.807) is 0 Å². The van der Waals surface area contributed by atoms with Gasteiger partial charge in [-0.3, -0.25) is 4.79 Å². The summed E-state index contributed by atoms with van der Waals surface area (Å²) in [6.07, 6.45) is 0. The molecule has 1 aromatic carbocycles. The molecular weight excluding hydrogens is 220 g/mol. The molecule has 0 atom stereocenters. The van der Waals surface area contributed by atoms with Crippen molar-refractivity contribution < 1.29 is 4.79 Å². The number of carbonyl (C=O) groups excluding carboxylic acids is 1. The monoisotopic (exact) mass is 232 g/mol. The second-order valence-electron chi connectivity index (χ2n) is 3.66. The third kappa shape index (κ3) is 1.97. The van der Waals surface area contributed by atoms with Gasteiger partial charge in [-0.2, -0.15) is 0 Å². The number of thiazole rings is 1. The van der Waals surface area contributed by atoms with Crippen molar-refractivity contribution in [2.45, 2.75) is 13.8 Å². The lowest BCUT2D eigenvalue weighted by molar-refractivity contribution is 0.101. The van der Waals surface area contributed by atoms with Crippen molar-refractivity contribution in [3.63, 3.8) is 0 Å². The normalized spacial score (nSPS) is 10.4. The molecule has 82 valence electrons. The molecule has 16 heavy (non-hydrogen) atoms. The number of Topliss-reactive ketones (excluding diaryl/α,β-unsaturated/α-hetero) is 1. The second kappa shape index (κ2) is 4.06. The zero-order chi connectivity index (χ0) is 11.7. The number of anilines is 1. The highest BCUT2D eigenvalue weighted by molar-refractivity contribution is 7.19. The van der Waals surface area contributed by atoms with E-state index in [9.17, 15) is 4.79 Å². The van der Waals surface area contributed by atoms with Gasteiger partial charge >= 0.3 is 0 Å². The molecule has 1 aromatic heterocycles. The molecule has 0 unspecified atom stereocenters. The molecule has 2 aromatic rings. The molecule has 0 spiro atoms. The van der Waals surface area contributed by atoms with Crippen LogP contribution in [0, 0.1) is 6.92 Å². The van der Waals surface area contributed by atoms with E-state index >= 15 is 0 Å². The molecule has 0 fully saturated rings. The summed E-state index contributed by atoms with van der Waals surface area (Å²) in [5.41, 5.74) is 8.26. The van der Waals surface area contributed by atoms with E-state index in [2.05, 4.69) is 4.98 Å². The van der Waals surface area contributed by atoms with Crippen LogP contribution < -0.4 is 5.73 Å². The number of nitrogens with zero attached hydrogens (tertiary/aromatic N) is 1. The summed E-state index contributed by atoms with van der Waals surface area (Å²) in [4.78, 5) is 16.3. The lowest BCUT2D eigenvalue weighted by Gasteiger charge is -2.00. The summed E-state index contributed by atoms with van der Waals surface area (Å²) in [5, 5.41) is 0.432. The van der Waals surface area contributed by atoms with E-state index in [0.717, 1.165) is 16.0 Å². The maximum absolute atomic E-state index is 11.4. The van der Waals surface area contributed by atoms with E-state index in [4.69, 9.17) is 5.73 Å². The molecule has 0 saturated heterocycles. The molecule has 0 bridgehead atoms. The molecule has 2 rings (SSSR count). The van der Waals surface area contributed by atoms with Crippen molar-refractivity contribution in [1.29, 1.82) is 0 Å². The Balaban J connectivity index is 2.59. The highest BCUT2D eigenvalue weighted by Crippen LogP contribution is 2.32. The third-order valence-corrected chi connectivity index (χ3v) is 3.19. The Labute approximate surface area is 97.9 Å². The van der Waals surface area contributed by atoms with Crippen LogP contribution in [0.1, 0.15) is 23.0 Å². The van der Waals surface area contributed by atoms with Crippen LogP contribution in [0.2, 0.25) is 0 Å². The van der Waals surface area contributed by atoms with Gasteiger partial charge in [-0.1, -0.05) is 41.2 Å². The molecule has 0 aliphatic carbocycles. The number of hydrogen-bond donors (Lipinski definition) is 1. The van der Waals surface area contributed by atoms with Gasteiger partial charge in [-0.25, -0.2) is 4.98 Å². The summed E-state index contributed by atoms with van der Waals surface area (Å²) < 4.78 is 0. The summed E-state index contributed by atoms with van der Waals surface area (Å²) in [6.45, 7) is 3.52. The Morgan fingerprint density at radius 1 is 1.44 bits per heavy atom. The Hall–Kier alpha value is -1.68. The van der Waals surface area contributed by atoms with Crippen molar-refractivity contribution in [1.82, 2.24) is 4.98 Å². The van der Waals surface area contributed by atoms with E-state index in [1.807, 2.05) is 31.2 Å². The Morgan fingerprint density at radius 2 is 2.19 bits per heavy atom. The van der Waals surface area contributed by atoms with Gasteiger partial charge in [0.1, 0.15) is 5.69 Å². The minimum atomic E-state index is -0.0514. The van der Waals surface area contributed by atoms with Gasteiger partial charge in [0.2, 0.25) is 0 Å². The largest absolute Gasteiger partial charge is 0.375 e. The molecular formula is C12H12N2OS. The maximum atomic E-state index is 11.4. The smallest absolute Gasteiger partial charge is 0.181 e. The highest BCUT2D eigenvalue weighted by atomic mass is 32.1. The number of benzene rings is 1. The first kappa shape index (κ1) is 10.8. The van der Waals surface area contributed by atoms with E-state index in [0.29, 0.717) is 10.8 Å². The van der Waals surface area contributed by atoms with E-state index in [-0.39, 0.29) is 5.78 Å².